The van der Waals surface area contributed by atoms with Crippen LogP contribution >= 0.6 is 11.5 Å². The lowest BCUT2D eigenvalue weighted by molar-refractivity contribution is 0.0520. The van der Waals surface area contributed by atoms with Crippen LogP contribution in [0.3, 0.4) is 0 Å². The minimum Gasteiger partial charge on any atom is -0.462 e. The molecule has 0 aliphatic carbocycles. The highest BCUT2D eigenvalue weighted by atomic mass is 32.2. The van der Waals surface area contributed by atoms with Crippen molar-refractivity contribution in [2.75, 3.05) is 6.61 Å². The SMILES string of the molecule is CCOC(=O)c1c(C)nn(C)c1S(=O)(=O)/N=c1\nc2nc(C)cc(C)n2s1. The normalized spacial score (nSPS) is 12.7. The van der Waals surface area contributed by atoms with Crippen molar-refractivity contribution < 1.29 is 17.9 Å². The van der Waals surface area contributed by atoms with Crippen molar-refractivity contribution in [1.82, 2.24) is 23.5 Å². The maximum atomic E-state index is 12.9. The van der Waals surface area contributed by atoms with Gasteiger partial charge in [-0.25, -0.2) is 13.6 Å². The summed E-state index contributed by atoms with van der Waals surface area (Å²) in [5.74, 6) is -0.401. The molecule has 27 heavy (non-hydrogen) atoms. The zero-order valence-corrected chi connectivity index (χ0v) is 17.1. The predicted octanol–water partition coefficient (Wildman–Crippen LogP) is 0.916. The highest BCUT2D eigenvalue weighted by Gasteiger charge is 2.30. The number of rotatable bonds is 4. The fourth-order valence-electron chi connectivity index (χ4n) is 2.68. The summed E-state index contributed by atoms with van der Waals surface area (Å²) >= 11 is 1.04. The minimum atomic E-state index is -4.26. The predicted molar refractivity (Wildman–Crippen MR) is 97.0 cm³/mol. The van der Waals surface area contributed by atoms with Crippen LogP contribution in [-0.2, 0) is 21.8 Å². The van der Waals surface area contributed by atoms with Crippen LogP contribution < -0.4 is 4.80 Å². The summed E-state index contributed by atoms with van der Waals surface area (Å²) in [6, 6.07) is 1.85. The fraction of sp³-hybridized carbons (Fsp3) is 0.400. The van der Waals surface area contributed by atoms with Crippen LogP contribution in [0.15, 0.2) is 15.5 Å². The largest absolute Gasteiger partial charge is 0.462 e. The maximum absolute atomic E-state index is 12.9. The monoisotopic (exact) mass is 410 g/mol. The molecule has 0 aromatic carbocycles. The van der Waals surface area contributed by atoms with E-state index in [1.54, 1.807) is 10.7 Å². The zero-order valence-electron chi connectivity index (χ0n) is 15.4. The van der Waals surface area contributed by atoms with Crippen molar-refractivity contribution in [3.8, 4) is 0 Å². The highest BCUT2D eigenvalue weighted by Crippen LogP contribution is 2.21. The van der Waals surface area contributed by atoms with E-state index < -0.39 is 16.0 Å². The van der Waals surface area contributed by atoms with Crippen LogP contribution in [0.4, 0.5) is 0 Å². The first-order chi connectivity index (χ1) is 12.6. The van der Waals surface area contributed by atoms with Crippen LogP contribution in [0.1, 0.15) is 34.4 Å². The zero-order chi connectivity index (χ0) is 19.9. The van der Waals surface area contributed by atoms with Crippen LogP contribution in [0.2, 0.25) is 0 Å². The number of esters is 1. The molecular formula is C15H18N6O4S2. The smallest absolute Gasteiger partial charge is 0.343 e. The van der Waals surface area contributed by atoms with E-state index >= 15 is 0 Å². The fourth-order valence-corrected chi connectivity index (χ4v) is 4.95. The number of ether oxygens (including phenoxy) is 1. The molecule has 3 rings (SSSR count). The van der Waals surface area contributed by atoms with Crippen molar-refractivity contribution in [3.05, 3.63) is 33.5 Å². The van der Waals surface area contributed by atoms with E-state index in [-0.39, 0.29) is 27.7 Å². The summed E-state index contributed by atoms with van der Waals surface area (Å²) in [7, 11) is -2.83. The molecule has 0 bridgehead atoms. The highest BCUT2D eigenvalue weighted by molar-refractivity contribution is 7.90. The summed E-state index contributed by atoms with van der Waals surface area (Å²) in [5.41, 5.74) is 1.75. The first kappa shape index (κ1) is 19.2. The average Bonchev–Trinajstić information content (AvgIpc) is 3.07. The molecule has 0 amide bonds. The molecule has 3 heterocycles. The molecule has 0 aliphatic rings. The van der Waals surface area contributed by atoms with Crippen LogP contribution in [0.25, 0.3) is 5.78 Å². The molecule has 0 N–H and O–H groups in total. The number of sulfonamides is 1. The van der Waals surface area contributed by atoms with Crippen LogP contribution in [-0.4, -0.2) is 44.5 Å². The third kappa shape index (κ3) is 3.49. The van der Waals surface area contributed by atoms with Crippen molar-refractivity contribution in [1.29, 1.82) is 0 Å². The molecule has 3 aromatic rings. The Morgan fingerprint density at radius 1 is 1.30 bits per heavy atom. The van der Waals surface area contributed by atoms with E-state index in [1.807, 2.05) is 19.9 Å². The molecule has 0 atom stereocenters. The van der Waals surface area contributed by atoms with E-state index in [9.17, 15) is 13.2 Å². The van der Waals surface area contributed by atoms with Crippen LogP contribution in [0.5, 0.6) is 0 Å². The third-order valence-electron chi connectivity index (χ3n) is 3.66. The summed E-state index contributed by atoms with van der Waals surface area (Å²) in [6.07, 6.45) is 0. The lowest BCUT2D eigenvalue weighted by Crippen LogP contribution is -2.15. The second-order valence-electron chi connectivity index (χ2n) is 5.79. The summed E-state index contributed by atoms with van der Waals surface area (Å²) in [6.45, 7) is 6.97. The van der Waals surface area contributed by atoms with Crippen molar-refractivity contribution in [2.24, 2.45) is 11.4 Å². The van der Waals surface area contributed by atoms with Gasteiger partial charge in [-0.3, -0.25) is 4.68 Å². The Kier molecular flexibility index (Phi) is 4.86. The van der Waals surface area contributed by atoms with E-state index in [0.29, 0.717) is 5.78 Å². The molecule has 0 radical (unpaired) electrons. The molecule has 12 heteroatoms. The van der Waals surface area contributed by atoms with E-state index in [0.717, 1.165) is 27.6 Å². The molecule has 0 saturated heterocycles. The number of hydrogen-bond acceptors (Lipinski definition) is 8. The van der Waals surface area contributed by atoms with Gasteiger partial charge in [-0.15, -0.1) is 4.40 Å². The van der Waals surface area contributed by atoms with Gasteiger partial charge < -0.3 is 4.74 Å². The van der Waals surface area contributed by atoms with E-state index in [2.05, 4.69) is 19.5 Å². The molecule has 10 nitrogen and oxygen atoms in total. The lowest BCUT2D eigenvalue weighted by Gasteiger charge is -2.03. The lowest BCUT2D eigenvalue weighted by atomic mass is 10.3. The van der Waals surface area contributed by atoms with Gasteiger partial charge >= 0.3 is 16.0 Å². The van der Waals surface area contributed by atoms with Crippen molar-refractivity contribution >= 4 is 33.3 Å². The molecule has 144 valence electrons. The number of aromatic nitrogens is 5. The topological polar surface area (TPSA) is 121 Å². The van der Waals surface area contributed by atoms with Crippen molar-refractivity contribution in [3.63, 3.8) is 0 Å². The Labute approximate surface area is 159 Å². The van der Waals surface area contributed by atoms with Gasteiger partial charge in [0.15, 0.2) is 5.03 Å². The van der Waals surface area contributed by atoms with Gasteiger partial charge in [-0.2, -0.15) is 18.5 Å². The second kappa shape index (κ2) is 6.85. The first-order valence-corrected chi connectivity index (χ1v) is 10.2. The van der Waals surface area contributed by atoms with Gasteiger partial charge in [0.2, 0.25) is 10.6 Å². The molecule has 0 unspecified atom stereocenters. The standard InChI is InChI=1S/C15H18N6O4S2/c1-6-25-13(22)11-10(4)18-20(5)12(11)27(23,24)19-15-17-14-16-8(2)7-9(3)21(14)26-15/h7H,6H2,1-5H3/b19-15+. The Morgan fingerprint density at radius 2 is 2.00 bits per heavy atom. The maximum Gasteiger partial charge on any atom is 0.343 e. The minimum absolute atomic E-state index is 0.00450. The summed E-state index contributed by atoms with van der Waals surface area (Å²) < 4.78 is 37.3. The van der Waals surface area contributed by atoms with Gasteiger partial charge in [0.05, 0.1) is 12.3 Å². The molecule has 3 aromatic heterocycles. The Balaban J connectivity index is 2.20. The van der Waals surface area contributed by atoms with Crippen LogP contribution in [0, 0.1) is 20.8 Å². The average molecular weight is 410 g/mol. The molecule has 0 spiro atoms. The quantitative estimate of drug-likeness (QED) is 0.586. The van der Waals surface area contributed by atoms with Crippen molar-refractivity contribution in [2.45, 2.75) is 32.7 Å². The first-order valence-electron chi connectivity index (χ1n) is 8.00. The number of carbonyl (C=O) groups excluding carboxylic acids is 1. The molecular weight excluding hydrogens is 392 g/mol. The number of aryl methyl sites for hydroxylation is 4. The molecule has 0 fully saturated rings. The van der Waals surface area contributed by atoms with Gasteiger partial charge in [0.25, 0.3) is 0 Å². The Morgan fingerprint density at radius 3 is 2.67 bits per heavy atom. The Bertz CT molecular complexity index is 1220. The summed E-state index contributed by atoms with van der Waals surface area (Å²) in [5, 5.41) is 3.70. The van der Waals surface area contributed by atoms with Gasteiger partial charge in [0, 0.05) is 18.4 Å². The number of hydrogen-bond donors (Lipinski definition) is 0. The third-order valence-corrected chi connectivity index (χ3v) is 6.12. The molecule has 0 saturated carbocycles. The van der Waals surface area contributed by atoms with Gasteiger partial charge in [0.1, 0.15) is 5.56 Å². The van der Waals surface area contributed by atoms with E-state index in [1.165, 1.54) is 14.0 Å². The number of carbonyl (C=O) groups is 1. The number of fused-ring (bicyclic) bond motifs is 1. The summed E-state index contributed by atoms with van der Waals surface area (Å²) in [4.78, 5) is 20.7. The van der Waals surface area contributed by atoms with Gasteiger partial charge in [-0.05, 0) is 45.3 Å². The second-order valence-corrected chi connectivity index (χ2v) is 8.23. The van der Waals surface area contributed by atoms with E-state index in [4.69, 9.17) is 4.74 Å². The molecule has 0 aliphatic heterocycles. The van der Waals surface area contributed by atoms with Gasteiger partial charge in [-0.1, -0.05) is 0 Å². The number of nitrogens with zero attached hydrogens (tertiary/aromatic N) is 6. The Hall–Kier alpha value is -2.60.